The zero-order chi connectivity index (χ0) is 32.8. The summed E-state index contributed by atoms with van der Waals surface area (Å²) in [6.45, 7) is 10.3. The van der Waals surface area contributed by atoms with Crippen LogP contribution in [0.3, 0.4) is 0 Å². The molecule has 11 nitrogen and oxygen atoms in total. The minimum atomic E-state index is -1.16. The van der Waals surface area contributed by atoms with Gasteiger partial charge in [-0.15, -0.1) is 0 Å². The van der Waals surface area contributed by atoms with Gasteiger partial charge in [-0.05, 0) is 83.5 Å². The Kier molecular flexibility index (Phi) is 9.81. The molecule has 1 N–H and O–H groups in total. The van der Waals surface area contributed by atoms with E-state index in [0.29, 0.717) is 11.3 Å². The molecule has 4 aromatic rings. The summed E-state index contributed by atoms with van der Waals surface area (Å²) in [6.07, 6.45) is -0.459. The SMILES string of the molecule is CC(C)(C)OC(=O)NC(Cc1ccc(OC(=O)OC(C)(C)C)cc1)C(=O)Oc1ccc2c(=O)c(Oc3ccccc3)coc2c1. The largest absolute Gasteiger partial charge is 0.514 e. The lowest BCUT2D eigenvalue weighted by Crippen LogP contribution is -2.46. The molecular weight excluding hydrogens is 582 g/mol. The van der Waals surface area contributed by atoms with E-state index >= 15 is 0 Å². The van der Waals surface area contributed by atoms with Crippen LogP contribution >= 0.6 is 0 Å². The zero-order valence-corrected chi connectivity index (χ0v) is 25.9. The number of hydrogen-bond donors (Lipinski definition) is 1. The lowest BCUT2D eigenvalue weighted by Gasteiger charge is -2.23. The first-order chi connectivity index (χ1) is 21.1. The van der Waals surface area contributed by atoms with Gasteiger partial charge in [0.1, 0.15) is 46.3 Å². The van der Waals surface area contributed by atoms with Gasteiger partial charge >= 0.3 is 18.2 Å². The summed E-state index contributed by atoms with van der Waals surface area (Å²) >= 11 is 0. The van der Waals surface area contributed by atoms with Crippen LogP contribution < -0.4 is 25.0 Å². The number of amides is 1. The van der Waals surface area contributed by atoms with Crippen molar-refractivity contribution in [3.8, 4) is 23.0 Å². The topological polar surface area (TPSA) is 140 Å². The van der Waals surface area contributed by atoms with Gasteiger partial charge in [0.2, 0.25) is 11.2 Å². The van der Waals surface area contributed by atoms with E-state index in [9.17, 15) is 19.2 Å². The number of ether oxygens (including phenoxy) is 5. The Bertz CT molecular complexity index is 1710. The van der Waals surface area contributed by atoms with E-state index in [1.807, 2.05) is 6.07 Å². The first kappa shape index (κ1) is 32.6. The molecule has 0 fully saturated rings. The second-order valence-corrected chi connectivity index (χ2v) is 12.0. The number of carbonyl (C=O) groups is 3. The van der Waals surface area contributed by atoms with Gasteiger partial charge < -0.3 is 33.4 Å². The van der Waals surface area contributed by atoms with Crippen LogP contribution in [-0.4, -0.2) is 35.5 Å². The predicted octanol–water partition coefficient (Wildman–Crippen LogP) is 6.94. The van der Waals surface area contributed by atoms with Crippen LogP contribution in [0.2, 0.25) is 0 Å². The van der Waals surface area contributed by atoms with Crippen molar-refractivity contribution in [1.82, 2.24) is 5.32 Å². The molecule has 0 saturated carbocycles. The monoisotopic (exact) mass is 617 g/mol. The molecule has 1 heterocycles. The van der Waals surface area contributed by atoms with E-state index in [4.69, 9.17) is 28.1 Å². The molecule has 0 aliphatic carbocycles. The number of fused-ring (bicyclic) bond motifs is 1. The van der Waals surface area contributed by atoms with Gasteiger partial charge in [0.05, 0.1) is 5.39 Å². The maximum atomic E-state index is 13.3. The average Bonchev–Trinajstić information content (AvgIpc) is 2.94. The molecule has 1 unspecified atom stereocenters. The second-order valence-electron chi connectivity index (χ2n) is 12.0. The third-order valence-electron chi connectivity index (χ3n) is 5.83. The van der Waals surface area contributed by atoms with Crippen LogP contribution in [0.25, 0.3) is 11.0 Å². The summed E-state index contributed by atoms with van der Waals surface area (Å²) < 4.78 is 32.5. The highest BCUT2D eigenvalue weighted by Gasteiger charge is 2.27. The Morgan fingerprint density at radius 1 is 0.778 bits per heavy atom. The highest BCUT2D eigenvalue weighted by molar-refractivity contribution is 5.85. The van der Waals surface area contributed by atoms with E-state index in [1.54, 1.807) is 77.9 Å². The van der Waals surface area contributed by atoms with Crippen LogP contribution in [0.1, 0.15) is 47.1 Å². The van der Waals surface area contributed by atoms with Crippen LogP contribution in [0.4, 0.5) is 9.59 Å². The lowest BCUT2D eigenvalue weighted by atomic mass is 10.1. The summed E-state index contributed by atoms with van der Waals surface area (Å²) in [4.78, 5) is 50.9. The molecule has 0 spiro atoms. The van der Waals surface area contributed by atoms with Gasteiger partial charge in [0, 0.05) is 12.5 Å². The minimum absolute atomic E-state index is 0.00239. The maximum Gasteiger partial charge on any atom is 0.514 e. The Morgan fingerprint density at radius 3 is 2.07 bits per heavy atom. The fraction of sp³-hybridized carbons (Fsp3) is 0.294. The number of nitrogens with one attached hydrogen (secondary N) is 1. The van der Waals surface area contributed by atoms with E-state index in [0.717, 1.165) is 0 Å². The van der Waals surface area contributed by atoms with Crippen molar-refractivity contribution in [3.63, 3.8) is 0 Å². The Hall–Kier alpha value is -5.32. The highest BCUT2D eigenvalue weighted by Crippen LogP contribution is 2.25. The molecule has 1 amide bonds. The third kappa shape index (κ3) is 9.85. The summed E-state index contributed by atoms with van der Waals surface area (Å²) in [5.41, 5.74) is -1.13. The van der Waals surface area contributed by atoms with E-state index in [-0.39, 0.29) is 34.6 Å². The van der Waals surface area contributed by atoms with Crippen LogP contribution in [0, 0.1) is 0 Å². The van der Waals surface area contributed by atoms with Gasteiger partial charge in [-0.2, -0.15) is 0 Å². The molecule has 11 heteroatoms. The number of benzene rings is 3. The van der Waals surface area contributed by atoms with E-state index < -0.39 is 40.9 Å². The molecule has 0 radical (unpaired) electrons. The molecule has 0 aliphatic heterocycles. The predicted molar refractivity (Wildman–Crippen MR) is 165 cm³/mol. The standard InChI is InChI=1S/C34H35NO10/c1-33(2,3)44-31(38)35-26(18-21-12-14-23(15-13-21)43-32(39)45-34(4,5)6)30(37)42-24-16-17-25-27(19-24)40-20-28(29(25)36)41-22-10-8-7-9-11-22/h7-17,19-20,26H,18H2,1-6H3,(H,35,38). The third-order valence-corrected chi connectivity index (χ3v) is 5.83. The molecule has 1 atom stereocenters. The molecule has 0 aliphatic rings. The van der Waals surface area contributed by atoms with Crippen molar-refractivity contribution < 1.29 is 42.5 Å². The highest BCUT2D eigenvalue weighted by atomic mass is 16.7. The zero-order valence-electron chi connectivity index (χ0n) is 25.9. The number of hydrogen-bond acceptors (Lipinski definition) is 10. The molecule has 1 aromatic heterocycles. The molecule has 4 rings (SSSR count). The van der Waals surface area contributed by atoms with Gasteiger partial charge in [-0.25, -0.2) is 14.4 Å². The number of para-hydroxylation sites is 1. The van der Waals surface area contributed by atoms with Crippen LogP contribution in [0.5, 0.6) is 23.0 Å². The second kappa shape index (κ2) is 13.5. The van der Waals surface area contributed by atoms with Crippen molar-refractivity contribution in [3.05, 3.63) is 94.8 Å². The van der Waals surface area contributed by atoms with Gasteiger partial charge in [-0.3, -0.25) is 4.79 Å². The van der Waals surface area contributed by atoms with Gasteiger partial charge in [-0.1, -0.05) is 30.3 Å². The van der Waals surface area contributed by atoms with Gasteiger partial charge in [0.15, 0.2) is 0 Å². The summed E-state index contributed by atoms with van der Waals surface area (Å²) in [5, 5.41) is 2.78. The number of esters is 1. The van der Waals surface area contributed by atoms with Crippen molar-refractivity contribution in [2.45, 2.75) is 65.2 Å². The Morgan fingerprint density at radius 2 is 1.42 bits per heavy atom. The number of carbonyl (C=O) groups excluding carboxylic acids is 3. The molecule has 0 bridgehead atoms. The molecular formula is C34H35NO10. The lowest BCUT2D eigenvalue weighted by molar-refractivity contribution is -0.136. The smallest absolute Gasteiger partial charge is 0.460 e. The maximum absolute atomic E-state index is 13.3. The number of rotatable bonds is 8. The summed E-state index contributed by atoms with van der Waals surface area (Å²) in [7, 11) is 0. The van der Waals surface area contributed by atoms with Crippen molar-refractivity contribution in [1.29, 1.82) is 0 Å². The Labute approximate surface area is 260 Å². The molecule has 3 aromatic carbocycles. The molecule has 236 valence electrons. The fourth-order valence-electron chi connectivity index (χ4n) is 3.97. The number of alkyl carbamates (subject to hydrolysis) is 1. The van der Waals surface area contributed by atoms with Crippen molar-refractivity contribution in [2.24, 2.45) is 0 Å². The van der Waals surface area contributed by atoms with E-state index in [1.165, 1.54) is 36.6 Å². The first-order valence-corrected chi connectivity index (χ1v) is 14.1. The fourth-order valence-corrected chi connectivity index (χ4v) is 3.97. The molecule has 45 heavy (non-hydrogen) atoms. The van der Waals surface area contributed by atoms with Crippen molar-refractivity contribution in [2.75, 3.05) is 0 Å². The summed E-state index contributed by atoms with van der Waals surface area (Å²) in [6, 6.07) is 18.3. The Balaban J connectivity index is 1.50. The normalized spacial score (nSPS) is 12.1. The minimum Gasteiger partial charge on any atom is -0.460 e. The summed E-state index contributed by atoms with van der Waals surface area (Å²) in [5.74, 6) is 0.0124. The van der Waals surface area contributed by atoms with Gasteiger partial charge in [0.25, 0.3) is 0 Å². The first-order valence-electron chi connectivity index (χ1n) is 14.1. The van der Waals surface area contributed by atoms with E-state index in [2.05, 4.69) is 5.32 Å². The van der Waals surface area contributed by atoms with Crippen LogP contribution in [0.15, 0.2) is 88.3 Å². The quantitative estimate of drug-likeness (QED) is 0.126. The molecule has 0 saturated heterocycles. The average molecular weight is 618 g/mol. The van der Waals surface area contributed by atoms with Crippen molar-refractivity contribution >= 4 is 29.2 Å². The van der Waals surface area contributed by atoms with Crippen LogP contribution in [-0.2, 0) is 20.7 Å².